The molecule has 3 aliphatic heterocycles. The van der Waals surface area contributed by atoms with Crippen molar-refractivity contribution < 1.29 is 0 Å². The van der Waals surface area contributed by atoms with Crippen LogP contribution < -0.4 is 16.0 Å². The monoisotopic (exact) mass is 495 g/mol. The number of hydrogen-bond donors (Lipinski definition) is 2. The highest BCUT2D eigenvalue weighted by molar-refractivity contribution is 5.82. The summed E-state index contributed by atoms with van der Waals surface area (Å²) in [6.45, 7) is 15.9. The Morgan fingerprint density at radius 3 is 2.49 bits per heavy atom. The molecular weight excluding hydrogens is 454 g/mol. The van der Waals surface area contributed by atoms with Crippen molar-refractivity contribution in [2.24, 2.45) is 0 Å². The van der Waals surface area contributed by atoms with E-state index < -0.39 is 0 Å². The molecule has 194 valence electrons. The number of aromatic nitrogens is 1. The SMILES string of the molecule is C=C1NCCc2cc(-c3cc(-c4ccc(N5CCCN6CCCC6C5)cc4)c(C)nc3N)ccc21.CC. The molecule has 2 saturated heterocycles. The van der Waals surface area contributed by atoms with Gasteiger partial charge < -0.3 is 16.0 Å². The van der Waals surface area contributed by atoms with E-state index in [-0.39, 0.29) is 0 Å². The Kier molecular flexibility index (Phi) is 7.52. The molecule has 3 aromatic rings. The third-order valence-electron chi connectivity index (χ3n) is 8.06. The second-order valence-corrected chi connectivity index (χ2v) is 10.3. The Labute approximate surface area is 222 Å². The number of nitrogen functional groups attached to an aromatic ring is 1. The molecule has 6 rings (SSSR count). The molecule has 4 heterocycles. The lowest BCUT2D eigenvalue weighted by Gasteiger charge is -2.27. The normalized spacial score (nSPS) is 19.3. The van der Waals surface area contributed by atoms with Gasteiger partial charge in [-0.15, -0.1) is 0 Å². The van der Waals surface area contributed by atoms with E-state index >= 15 is 0 Å². The minimum Gasteiger partial charge on any atom is -0.385 e. The van der Waals surface area contributed by atoms with E-state index in [2.05, 4.69) is 77.2 Å². The molecule has 0 saturated carbocycles. The zero-order valence-corrected chi connectivity index (χ0v) is 22.7. The predicted molar refractivity (Wildman–Crippen MR) is 158 cm³/mol. The molecule has 2 aromatic carbocycles. The average molecular weight is 496 g/mol. The van der Waals surface area contributed by atoms with Crippen LogP contribution in [-0.2, 0) is 6.42 Å². The maximum atomic E-state index is 6.43. The van der Waals surface area contributed by atoms with Gasteiger partial charge in [0.25, 0.3) is 0 Å². The van der Waals surface area contributed by atoms with Crippen LogP contribution in [-0.4, -0.2) is 48.6 Å². The lowest BCUT2D eigenvalue weighted by molar-refractivity contribution is 0.273. The second-order valence-electron chi connectivity index (χ2n) is 10.3. The third kappa shape index (κ3) is 5.10. The van der Waals surface area contributed by atoms with Crippen molar-refractivity contribution in [3.8, 4) is 22.3 Å². The second kappa shape index (κ2) is 11.0. The summed E-state index contributed by atoms with van der Waals surface area (Å²) in [6, 6.07) is 18.5. The minimum absolute atomic E-state index is 0.585. The lowest BCUT2D eigenvalue weighted by Crippen LogP contribution is -2.36. The number of anilines is 2. The Hall–Kier alpha value is -3.31. The number of nitrogens with two attached hydrogens (primary N) is 1. The van der Waals surface area contributed by atoms with E-state index in [9.17, 15) is 0 Å². The van der Waals surface area contributed by atoms with Gasteiger partial charge in [-0.3, -0.25) is 4.90 Å². The number of rotatable bonds is 3. The topological polar surface area (TPSA) is 57.4 Å². The van der Waals surface area contributed by atoms with Crippen molar-refractivity contribution in [1.29, 1.82) is 0 Å². The van der Waals surface area contributed by atoms with E-state index in [4.69, 9.17) is 10.7 Å². The number of fused-ring (bicyclic) bond motifs is 2. The summed E-state index contributed by atoms with van der Waals surface area (Å²) in [7, 11) is 0. The van der Waals surface area contributed by atoms with E-state index in [1.807, 2.05) is 13.8 Å². The van der Waals surface area contributed by atoms with Crippen LogP contribution in [0.1, 0.15) is 49.9 Å². The maximum absolute atomic E-state index is 6.43. The van der Waals surface area contributed by atoms with E-state index in [0.29, 0.717) is 11.9 Å². The molecule has 1 aromatic heterocycles. The summed E-state index contributed by atoms with van der Waals surface area (Å²) in [4.78, 5) is 10.0. The number of pyridine rings is 1. The molecule has 0 aliphatic carbocycles. The summed E-state index contributed by atoms with van der Waals surface area (Å²) in [6.07, 6.45) is 4.91. The molecule has 0 amide bonds. The number of benzene rings is 2. The van der Waals surface area contributed by atoms with Crippen LogP contribution in [0.2, 0.25) is 0 Å². The van der Waals surface area contributed by atoms with Crippen molar-refractivity contribution in [3.63, 3.8) is 0 Å². The lowest BCUT2D eigenvalue weighted by atomic mass is 9.92. The number of nitrogens with zero attached hydrogens (tertiary/aromatic N) is 3. The molecule has 5 nitrogen and oxygen atoms in total. The van der Waals surface area contributed by atoms with Crippen molar-refractivity contribution in [2.75, 3.05) is 43.4 Å². The first kappa shape index (κ1) is 25.3. The zero-order valence-electron chi connectivity index (χ0n) is 22.7. The van der Waals surface area contributed by atoms with Crippen LogP contribution in [0.25, 0.3) is 28.0 Å². The molecular formula is C32H41N5. The quantitative estimate of drug-likeness (QED) is 0.458. The van der Waals surface area contributed by atoms with Crippen LogP contribution in [0.3, 0.4) is 0 Å². The third-order valence-corrected chi connectivity index (χ3v) is 8.06. The van der Waals surface area contributed by atoms with Gasteiger partial charge in [0.15, 0.2) is 0 Å². The van der Waals surface area contributed by atoms with Crippen molar-refractivity contribution in [3.05, 3.63) is 71.9 Å². The first-order valence-electron chi connectivity index (χ1n) is 14.0. The van der Waals surface area contributed by atoms with Crippen molar-refractivity contribution in [2.45, 2.75) is 52.5 Å². The Bertz CT molecular complexity index is 1260. The highest BCUT2D eigenvalue weighted by Gasteiger charge is 2.28. The summed E-state index contributed by atoms with van der Waals surface area (Å²) >= 11 is 0. The van der Waals surface area contributed by atoms with Gasteiger partial charge in [-0.25, -0.2) is 4.98 Å². The maximum Gasteiger partial charge on any atom is 0.131 e. The standard InChI is InChI=1S/C30H35N5.C2H6/c1-20-27-11-8-23(17-24(27)12-13-32-20)29-18-28(21(2)33-30(29)31)22-6-9-25(10-7-22)35-16-4-15-34-14-3-5-26(34)19-35;1-2/h6-11,17-18,26,32H,1,3-5,12-16,19H2,2H3,(H2,31,33);1-2H3. The molecule has 37 heavy (non-hydrogen) atoms. The van der Waals surface area contributed by atoms with E-state index in [1.54, 1.807) is 0 Å². The summed E-state index contributed by atoms with van der Waals surface area (Å²) in [5.41, 5.74) is 16.7. The number of aryl methyl sites for hydroxylation is 1. The van der Waals surface area contributed by atoms with Gasteiger partial charge in [-0.05, 0) is 74.0 Å². The molecule has 3 aliphatic rings. The van der Waals surface area contributed by atoms with Crippen molar-refractivity contribution >= 4 is 17.2 Å². The Morgan fingerprint density at radius 2 is 1.68 bits per heavy atom. The largest absolute Gasteiger partial charge is 0.385 e. The molecule has 3 N–H and O–H groups in total. The molecule has 0 spiro atoms. The predicted octanol–water partition coefficient (Wildman–Crippen LogP) is 6.12. The zero-order chi connectivity index (χ0) is 25.9. The van der Waals surface area contributed by atoms with Crippen LogP contribution in [0.4, 0.5) is 11.5 Å². The summed E-state index contributed by atoms with van der Waals surface area (Å²) < 4.78 is 0. The molecule has 5 heteroatoms. The van der Waals surface area contributed by atoms with Crippen LogP contribution in [0.15, 0.2) is 55.1 Å². The fourth-order valence-electron chi connectivity index (χ4n) is 6.15. The molecule has 0 bridgehead atoms. The molecule has 1 atom stereocenters. The molecule has 0 radical (unpaired) electrons. The van der Waals surface area contributed by atoms with Gasteiger partial charge in [-0.1, -0.05) is 50.8 Å². The van der Waals surface area contributed by atoms with Gasteiger partial charge in [0, 0.05) is 66.0 Å². The van der Waals surface area contributed by atoms with E-state index in [0.717, 1.165) is 54.1 Å². The fourth-order valence-corrected chi connectivity index (χ4v) is 6.15. The highest BCUT2D eigenvalue weighted by atomic mass is 15.3. The van der Waals surface area contributed by atoms with Crippen LogP contribution >= 0.6 is 0 Å². The van der Waals surface area contributed by atoms with Crippen molar-refractivity contribution in [1.82, 2.24) is 15.2 Å². The summed E-state index contributed by atoms with van der Waals surface area (Å²) in [5, 5.41) is 3.35. The first-order chi connectivity index (χ1) is 18.1. The number of hydrogen-bond acceptors (Lipinski definition) is 5. The van der Waals surface area contributed by atoms with Gasteiger partial charge in [0.1, 0.15) is 5.82 Å². The van der Waals surface area contributed by atoms with Crippen LogP contribution in [0, 0.1) is 6.92 Å². The smallest absolute Gasteiger partial charge is 0.131 e. The number of nitrogens with one attached hydrogen (secondary N) is 1. The average Bonchev–Trinajstić information content (AvgIpc) is 3.26. The molecule has 1 unspecified atom stereocenters. The van der Waals surface area contributed by atoms with Gasteiger partial charge in [-0.2, -0.15) is 0 Å². The summed E-state index contributed by atoms with van der Waals surface area (Å²) in [5.74, 6) is 0.585. The van der Waals surface area contributed by atoms with Crippen LogP contribution in [0.5, 0.6) is 0 Å². The highest BCUT2D eigenvalue weighted by Crippen LogP contribution is 2.35. The first-order valence-corrected chi connectivity index (χ1v) is 14.0. The van der Waals surface area contributed by atoms with E-state index in [1.165, 1.54) is 54.7 Å². The Balaban J connectivity index is 0.00000137. The fraction of sp³-hybridized carbons (Fsp3) is 0.406. The Morgan fingerprint density at radius 1 is 0.919 bits per heavy atom. The van der Waals surface area contributed by atoms with Gasteiger partial charge >= 0.3 is 0 Å². The molecule has 2 fully saturated rings. The minimum atomic E-state index is 0.585. The van der Waals surface area contributed by atoms with Gasteiger partial charge in [0.2, 0.25) is 0 Å². The van der Waals surface area contributed by atoms with Gasteiger partial charge in [0.05, 0.1) is 0 Å².